The zero-order valence-electron chi connectivity index (χ0n) is 8.01. The quantitative estimate of drug-likeness (QED) is 0.642. The molecular formula is C11H16N2. The molecule has 13 heavy (non-hydrogen) atoms. The summed E-state index contributed by atoms with van der Waals surface area (Å²) in [6, 6.07) is 6.90. The maximum atomic E-state index is 5.86. The minimum absolute atomic E-state index is 0.530. The predicted octanol–water partition coefficient (Wildman–Crippen LogP) is 2.00. The number of rotatable bonds is 1. The minimum Gasteiger partial charge on any atom is -0.399 e. The van der Waals surface area contributed by atoms with Gasteiger partial charge in [0.15, 0.2) is 0 Å². The highest BCUT2D eigenvalue weighted by molar-refractivity contribution is 5.49. The second kappa shape index (κ2) is 3.38. The highest BCUT2D eigenvalue weighted by Crippen LogP contribution is 2.25. The number of aryl methyl sites for hydroxylation is 1. The molecule has 1 heterocycles. The van der Waals surface area contributed by atoms with E-state index in [1.54, 1.807) is 0 Å². The molecule has 1 fully saturated rings. The first-order valence-corrected chi connectivity index (χ1v) is 4.87. The number of nitrogen functional groups attached to an aromatic ring is 1. The average molecular weight is 176 g/mol. The van der Waals surface area contributed by atoms with E-state index in [4.69, 9.17) is 5.73 Å². The standard InChI is InChI=1S/C11H16N2/c1-8-4-5-9(7-10(8)12)11-3-2-6-13-11/h4-5,7,11,13H,2-3,6,12H2,1H3/t11-/m1/s1. The van der Waals surface area contributed by atoms with Gasteiger partial charge in [-0.25, -0.2) is 0 Å². The summed E-state index contributed by atoms with van der Waals surface area (Å²) in [5, 5.41) is 3.46. The first kappa shape index (κ1) is 8.57. The van der Waals surface area contributed by atoms with Crippen molar-refractivity contribution >= 4 is 5.69 Å². The van der Waals surface area contributed by atoms with Crippen molar-refractivity contribution < 1.29 is 0 Å². The largest absolute Gasteiger partial charge is 0.399 e. The van der Waals surface area contributed by atoms with E-state index in [9.17, 15) is 0 Å². The van der Waals surface area contributed by atoms with Gasteiger partial charge in [-0.05, 0) is 43.5 Å². The molecule has 1 atom stereocenters. The van der Waals surface area contributed by atoms with Crippen molar-refractivity contribution in [1.29, 1.82) is 0 Å². The molecule has 0 amide bonds. The SMILES string of the molecule is Cc1ccc([C@H]2CCCN2)cc1N. The molecule has 1 aromatic rings. The summed E-state index contributed by atoms with van der Waals surface area (Å²) < 4.78 is 0. The smallest absolute Gasteiger partial charge is 0.0347 e. The van der Waals surface area contributed by atoms with Crippen LogP contribution >= 0.6 is 0 Å². The van der Waals surface area contributed by atoms with Crippen molar-refractivity contribution in [3.8, 4) is 0 Å². The molecule has 0 unspecified atom stereocenters. The van der Waals surface area contributed by atoms with Gasteiger partial charge >= 0.3 is 0 Å². The van der Waals surface area contributed by atoms with Crippen LogP contribution in [0.1, 0.15) is 30.0 Å². The number of nitrogens with two attached hydrogens (primary N) is 1. The van der Waals surface area contributed by atoms with Crippen molar-refractivity contribution in [3.05, 3.63) is 29.3 Å². The Balaban J connectivity index is 2.25. The van der Waals surface area contributed by atoms with Gasteiger partial charge in [-0.2, -0.15) is 0 Å². The molecule has 2 heteroatoms. The van der Waals surface area contributed by atoms with Gasteiger partial charge < -0.3 is 11.1 Å². The number of nitrogens with one attached hydrogen (secondary N) is 1. The van der Waals surface area contributed by atoms with Crippen LogP contribution in [0.15, 0.2) is 18.2 Å². The van der Waals surface area contributed by atoms with Crippen LogP contribution in [0.25, 0.3) is 0 Å². The van der Waals surface area contributed by atoms with Crippen molar-refractivity contribution in [2.24, 2.45) is 0 Å². The molecule has 2 rings (SSSR count). The topological polar surface area (TPSA) is 38.0 Å². The van der Waals surface area contributed by atoms with Crippen molar-refractivity contribution in [1.82, 2.24) is 5.32 Å². The average Bonchev–Trinajstić information content (AvgIpc) is 2.62. The maximum Gasteiger partial charge on any atom is 0.0347 e. The van der Waals surface area contributed by atoms with Gasteiger partial charge in [0.2, 0.25) is 0 Å². The van der Waals surface area contributed by atoms with Crippen molar-refractivity contribution in [3.63, 3.8) is 0 Å². The molecule has 0 aliphatic carbocycles. The van der Waals surface area contributed by atoms with Crippen LogP contribution in [-0.4, -0.2) is 6.54 Å². The molecule has 3 N–H and O–H groups in total. The van der Waals surface area contributed by atoms with Crippen LogP contribution in [-0.2, 0) is 0 Å². The second-order valence-electron chi connectivity index (χ2n) is 3.76. The third-order valence-corrected chi connectivity index (χ3v) is 2.77. The monoisotopic (exact) mass is 176 g/mol. The van der Waals surface area contributed by atoms with Gasteiger partial charge in [-0.3, -0.25) is 0 Å². The molecule has 2 nitrogen and oxygen atoms in total. The summed E-state index contributed by atoms with van der Waals surface area (Å²) in [4.78, 5) is 0. The summed E-state index contributed by atoms with van der Waals surface area (Å²) >= 11 is 0. The molecule has 0 radical (unpaired) electrons. The van der Waals surface area contributed by atoms with Gasteiger partial charge in [-0.1, -0.05) is 12.1 Å². The normalized spacial score (nSPS) is 22.1. The molecule has 0 saturated carbocycles. The molecule has 0 bridgehead atoms. The summed E-state index contributed by atoms with van der Waals surface area (Å²) in [7, 11) is 0. The highest BCUT2D eigenvalue weighted by atomic mass is 14.9. The lowest BCUT2D eigenvalue weighted by Gasteiger charge is -2.11. The van der Waals surface area contributed by atoms with Crippen LogP contribution in [0.4, 0.5) is 5.69 Å². The lowest BCUT2D eigenvalue weighted by Crippen LogP contribution is -2.13. The molecule has 0 spiro atoms. The Hall–Kier alpha value is -1.02. The summed E-state index contributed by atoms with van der Waals surface area (Å²) in [5.41, 5.74) is 9.27. The molecular weight excluding hydrogens is 160 g/mol. The second-order valence-corrected chi connectivity index (χ2v) is 3.76. The van der Waals surface area contributed by atoms with Gasteiger partial charge in [0, 0.05) is 11.7 Å². The van der Waals surface area contributed by atoms with E-state index in [1.807, 2.05) is 6.92 Å². The number of benzene rings is 1. The molecule has 70 valence electrons. The van der Waals surface area contributed by atoms with E-state index < -0.39 is 0 Å². The van der Waals surface area contributed by atoms with E-state index in [2.05, 4.69) is 23.5 Å². The van der Waals surface area contributed by atoms with E-state index in [-0.39, 0.29) is 0 Å². The summed E-state index contributed by atoms with van der Waals surface area (Å²) in [6.07, 6.45) is 2.51. The van der Waals surface area contributed by atoms with E-state index in [1.165, 1.54) is 24.0 Å². The van der Waals surface area contributed by atoms with Crippen molar-refractivity contribution in [2.45, 2.75) is 25.8 Å². The summed E-state index contributed by atoms with van der Waals surface area (Å²) in [6.45, 7) is 3.18. The van der Waals surface area contributed by atoms with Crippen LogP contribution in [0.3, 0.4) is 0 Å². The number of hydrogen-bond acceptors (Lipinski definition) is 2. The zero-order chi connectivity index (χ0) is 9.26. The lowest BCUT2D eigenvalue weighted by atomic mass is 10.0. The molecule has 1 aromatic carbocycles. The first-order valence-electron chi connectivity index (χ1n) is 4.87. The third kappa shape index (κ3) is 1.68. The Morgan fingerprint density at radius 1 is 1.46 bits per heavy atom. The van der Waals surface area contributed by atoms with E-state index >= 15 is 0 Å². The fourth-order valence-corrected chi connectivity index (χ4v) is 1.84. The Labute approximate surface area is 79.1 Å². The molecule has 0 aromatic heterocycles. The van der Waals surface area contributed by atoms with Crippen LogP contribution in [0.2, 0.25) is 0 Å². The van der Waals surface area contributed by atoms with Gasteiger partial charge in [0.25, 0.3) is 0 Å². The number of anilines is 1. The van der Waals surface area contributed by atoms with Gasteiger partial charge in [-0.15, -0.1) is 0 Å². The van der Waals surface area contributed by atoms with Gasteiger partial charge in [0.05, 0.1) is 0 Å². The van der Waals surface area contributed by atoms with E-state index in [0.717, 1.165) is 12.2 Å². The number of hydrogen-bond donors (Lipinski definition) is 2. The first-order chi connectivity index (χ1) is 6.27. The fraction of sp³-hybridized carbons (Fsp3) is 0.455. The highest BCUT2D eigenvalue weighted by Gasteiger charge is 2.15. The van der Waals surface area contributed by atoms with Crippen LogP contribution < -0.4 is 11.1 Å². The minimum atomic E-state index is 0.530. The lowest BCUT2D eigenvalue weighted by molar-refractivity contribution is 0.648. The van der Waals surface area contributed by atoms with E-state index in [0.29, 0.717) is 6.04 Å². The Kier molecular flexibility index (Phi) is 2.23. The molecule has 1 aliphatic rings. The Morgan fingerprint density at radius 3 is 2.92 bits per heavy atom. The predicted molar refractivity (Wildman–Crippen MR) is 55.6 cm³/mol. The zero-order valence-corrected chi connectivity index (χ0v) is 8.01. The van der Waals surface area contributed by atoms with Gasteiger partial charge in [0.1, 0.15) is 0 Å². The van der Waals surface area contributed by atoms with Crippen LogP contribution in [0.5, 0.6) is 0 Å². The van der Waals surface area contributed by atoms with Crippen LogP contribution in [0, 0.1) is 6.92 Å². The Bertz CT molecular complexity index is 301. The maximum absolute atomic E-state index is 5.86. The molecule has 1 saturated heterocycles. The third-order valence-electron chi connectivity index (χ3n) is 2.77. The fourth-order valence-electron chi connectivity index (χ4n) is 1.84. The van der Waals surface area contributed by atoms with Crippen molar-refractivity contribution in [2.75, 3.05) is 12.3 Å². The summed E-state index contributed by atoms with van der Waals surface area (Å²) in [5.74, 6) is 0. The molecule has 1 aliphatic heterocycles. The Morgan fingerprint density at radius 2 is 2.31 bits per heavy atom.